The fraction of sp³-hybridized carbons (Fsp3) is 0.562. The lowest BCUT2D eigenvalue weighted by atomic mass is 10.0. The van der Waals surface area contributed by atoms with Crippen LogP contribution in [0.4, 0.5) is 4.79 Å². The van der Waals surface area contributed by atoms with Gasteiger partial charge in [0.05, 0.1) is 19.3 Å². The summed E-state index contributed by atoms with van der Waals surface area (Å²) >= 11 is 0. The van der Waals surface area contributed by atoms with Gasteiger partial charge in [0.15, 0.2) is 0 Å². The molecule has 0 bridgehead atoms. The molecule has 0 unspecified atom stereocenters. The van der Waals surface area contributed by atoms with Gasteiger partial charge in [0.25, 0.3) is 0 Å². The zero-order chi connectivity index (χ0) is 14.5. The third-order valence-corrected chi connectivity index (χ3v) is 4.12. The fourth-order valence-corrected chi connectivity index (χ4v) is 2.82. The molecule has 114 valence electrons. The molecule has 2 saturated heterocycles. The average molecular weight is 290 g/mol. The number of piperidine rings is 1. The molecule has 21 heavy (non-hydrogen) atoms. The van der Waals surface area contributed by atoms with E-state index in [0.717, 1.165) is 44.7 Å². The maximum Gasteiger partial charge on any atom is 0.407 e. The molecule has 0 saturated carbocycles. The van der Waals surface area contributed by atoms with Gasteiger partial charge in [-0.2, -0.15) is 0 Å². The zero-order valence-corrected chi connectivity index (χ0v) is 12.2. The summed E-state index contributed by atoms with van der Waals surface area (Å²) in [5.74, 6) is 0. The van der Waals surface area contributed by atoms with Crippen molar-refractivity contribution in [2.24, 2.45) is 0 Å². The molecule has 3 rings (SSSR count). The summed E-state index contributed by atoms with van der Waals surface area (Å²) in [6.45, 7) is 3.97. The van der Waals surface area contributed by atoms with Crippen LogP contribution in [0.15, 0.2) is 30.3 Å². The van der Waals surface area contributed by atoms with Crippen molar-refractivity contribution in [2.75, 3.05) is 26.3 Å². The zero-order valence-electron chi connectivity index (χ0n) is 12.2. The largest absolute Gasteiger partial charge is 0.445 e. The van der Waals surface area contributed by atoms with Crippen molar-refractivity contribution in [1.82, 2.24) is 10.2 Å². The highest BCUT2D eigenvalue weighted by Crippen LogP contribution is 2.17. The summed E-state index contributed by atoms with van der Waals surface area (Å²) in [5, 5.41) is 2.98. The Morgan fingerprint density at radius 3 is 2.86 bits per heavy atom. The van der Waals surface area contributed by atoms with Crippen molar-refractivity contribution in [2.45, 2.75) is 31.5 Å². The molecule has 1 atom stereocenters. The number of likely N-dealkylation sites (tertiary alicyclic amines) is 1. The summed E-state index contributed by atoms with van der Waals surface area (Å²) in [5.41, 5.74) is 1.00. The Hall–Kier alpha value is -1.59. The highest BCUT2D eigenvalue weighted by atomic mass is 16.5. The maximum atomic E-state index is 11.9. The molecule has 0 spiro atoms. The van der Waals surface area contributed by atoms with E-state index in [1.165, 1.54) is 0 Å². The molecule has 1 amide bonds. The van der Waals surface area contributed by atoms with Gasteiger partial charge in [0.1, 0.15) is 6.61 Å². The van der Waals surface area contributed by atoms with Crippen LogP contribution >= 0.6 is 0 Å². The molecule has 5 nitrogen and oxygen atoms in total. The van der Waals surface area contributed by atoms with E-state index >= 15 is 0 Å². The van der Waals surface area contributed by atoms with Gasteiger partial charge in [-0.05, 0) is 24.9 Å². The topological polar surface area (TPSA) is 50.8 Å². The Bertz CT molecular complexity index is 462. The number of ether oxygens (including phenoxy) is 2. The molecular weight excluding hydrogens is 268 g/mol. The molecule has 0 aromatic heterocycles. The van der Waals surface area contributed by atoms with Gasteiger partial charge in [0.2, 0.25) is 0 Å². The lowest BCUT2D eigenvalue weighted by molar-refractivity contribution is -0.0730. The van der Waals surface area contributed by atoms with E-state index < -0.39 is 0 Å². The summed E-state index contributed by atoms with van der Waals surface area (Å²) in [4.78, 5) is 14.3. The van der Waals surface area contributed by atoms with Crippen LogP contribution < -0.4 is 5.32 Å². The molecule has 5 heteroatoms. The number of hydrogen-bond donors (Lipinski definition) is 1. The molecule has 2 aliphatic heterocycles. The van der Waals surface area contributed by atoms with E-state index in [4.69, 9.17) is 9.47 Å². The van der Waals surface area contributed by atoms with Crippen LogP contribution in [0.2, 0.25) is 0 Å². The monoisotopic (exact) mass is 290 g/mol. The van der Waals surface area contributed by atoms with E-state index in [9.17, 15) is 4.79 Å². The Balaban J connectivity index is 1.41. The number of carbonyl (C=O) groups is 1. The second-order valence-electron chi connectivity index (χ2n) is 5.73. The fourth-order valence-electron chi connectivity index (χ4n) is 2.82. The molecule has 0 radical (unpaired) electrons. The number of amides is 1. The normalized spacial score (nSPS) is 23.3. The SMILES string of the molecule is O=C(N[C@H]1CCCN(C2COC2)C1)OCc1ccccc1. The lowest BCUT2D eigenvalue weighted by Crippen LogP contribution is -2.56. The van der Waals surface area contributed by atoms with Gasteiger partial charge in [-0.25, -0.2) is 4.79 Å². The van der Waals surface area contributed by atoms with Gasteiger partial charge < -0.3 is 14.8 Å². The second kappa shape index (κ2) is 6.91. The molecule has 1 aromatic carbocycles. The molecule has 0 aliphatic carbocycles. The summed E-state index contributed by atoms with van der Waals surface area (Å²) in [7, 11) is 0. The highest BCUT2D eigenvalue weighted by Gasteiger charge is 2.30. The highest BCUT2D eigenvalue weighted by molar-refractivity contribution is 5.67. The summed E-state index contributed by atoms with van der Waals surface area (Å²) in [6.07, 6.45) is 1.81. The number of rotatable bonds is 4. The van der Waals surface area contributed by atoms with Crippen molar-refractivity contribution >= 4 is 6.09 Å². The van der Waals surface area contributed by atoms with Crippen LogP contribution in [0, 0.1) is 0 Å². The first-order valence-electron chi connectivity index (χ1n) is 7.60. The first-order chi connectivity index (χ1) is 10.3. The van der Waals surface area contributed by atoms with Crippen molar-refractivity contribution in [1.29, 1.82) is 0 Å². The average Bonchev–Trinajstić information content (AvgIpc) is 2.45. The molecule has 2 fully saturated rings. The number of carbonyl (C=O) groups excluding carboxylic acids is 1. The van der Waals surface area contributed by atoms with Crippen molar-refractivity contribution in [3.63, 3.8) is 0 Å². The Kier molecular flexibility index (Phi) is 4.72. The predicted molar refractivity (Wildman–Crippen MR) is 79.0 cm³/mol. The molecular formula is C16H22N2O3. The third kappa shape index (κ3) is 3.95. The standard InChI is InChI=1S/C16H22N2O3/c19-16(21-10-13-5-2-1-3-6-13)17-14-7-4-8-18(9-14)15-11-20-12-15/h1-3,5-6,14-15H,4,7-12H2,(H,17,19)/t14-/m0/s1. The van der Waals surface area contributed by atoms with Gasteiger partial charge in [-0.3, -0.25) is 4.90 Å². The van der Waals surface area contributed by atoms with Crippen molar-refractivity contribution in [3.05, 3.63) is 35.9 Å². The molecule has 1 aromatic rings. The van der Waals surface area contributed by atoms with Crippen molar-refractivity contribution < 1.29 is 14.3 Å². The first-order valence-corrected chi connectivity index (χ1v) is 7.60. The molecule has 1 N–H and O–H groups in total. The summed E-state index contributed by atoms with van der Waals surface area (Å²) < 4.78 is 10.5. The van der Waals surface area contributed by atoms with Gasteiger partial charge in [0, 0.05) is 12.6 Å². The number of alkyl carbamates (subject to hydrolysis) is 1. The Labute approximate surface area is 125 Å². The number of benzene rings is 1. The van der Waals surface area contributed by atoms with E-state index in [1.807, 2.05) is 30.3 Å². The minimum absolute atomic E-state index is 0.183. The van der Waals surface area contributed by atoms with Crippen LogP contribution in [0.5, 0.6) is 0 Å². The van der Waals surface area contributed by atoms with Gasteiger partial charge in [-0.1, -0.05) is 30.3 Å². The van der Waals surface area contributed by atoms with Gasteiger partial charge in [-0.15, -0.1) is 0 Å². The van der Waals surface area contributed by atoms with Gasteiger partial charge >= 0.3 is 6.09 Å². The quantitative estimate of drug-likeness (QED) is 0.918. The van der Waals surface area contributed by atoms with Crippen LogP contribution in [0.3, 0.4) is 0 Å². The van der Waals surface area contributed by atoms with E-state index in [1.54, 1.807) is 0 Å². The van der Waals surface area contributed by atoms with Crippen molar-refractivity contribution in [3.8, 4) is 0 Å². The van der Waals surface area contributed by atoms with Crippen LogP contribution in [-0.2, 0) is 16.1 Å². The number of nitrogens with zero attached hydrogens (tertiary/aromatic N) is 1. The molecule has 2 aliphatic rings. The smallest absolute Gasteiger partial charge is 0.407 e. The van der Waals surface area contributed by atoms with Crippen LogP contribution in [0.25, 0.3) is 0 Å². The lowest BCUT2D eigenvalue weighted by Gasteiger charge is -2.42. The second-order valence-corrected chi connectivity index (χ2v) is 5.73. The third-order valence-electron chi connectivity index (χ3n) is 4.12. The number of nitrogens with one attached hydrogen (secondary N) is 1. The van der Waals surface area contributed by atoms with E-state index in [-0.39, 0.29) is 12.1 Å². The first kappa shape index (κ1) is 14.4. The molecule has 2 heterocycles. The minimum Gasteiger partial charge on any atom is -0.445 e. The number of hydrogen-bond acceptors (Lipinski definition) is 4. The maximum absolute atomic E-state index is 11.9. The van der Waals surface area contributed by atoms with Crippen LogP contribution in [-0.4, -0.2) is 49.4 Å². The van der Waals surface area contributed by atoms with Crippen LogP contribution in [0.1, 0.15) is 18.4 Å². The Morgan fingerprint density at radius 2 is 2.14 bits per heavy atom. The minimum atomic E-state index is -0.324. The predicted octanol–water partition coefficient (Wildman–Crippen LogP) is 1.78. The van der Waals surface area contributed by atoms with E-state index in [2.05, 4.69) is 10.2 Å². The Morgan fingerprint density at radius 1 is 1.33 bits per heavy atom. The summed E-state index contributed by atoms with van der Waals surface area (Å²) in [6, 6.07) is 10.5. The van der Waals surface area contributed by atoms with E-state index in [0.29, 0.717) is 12.6 Å².